The van der Waals surface area contributed by atoms with Crippen LogP contribution in [0.25, 0.3) is 11.2 Å². The van der Waals surface area contributed by atoms with Gasteiger partial charge in [0.1, 0.15) is 0 Å². The Bertz CT molecular complexity index is 905. The Balaban J connectivity index is 0.000000717. The minimum absolute atomic E-state index is 0. The van der Waals surface area contributed by atoms with E-state index in [9.17, 15) is 9.36 Å². The molecule has 1 aliphatic heterocycles. The number of H-pyrrole nitrogens is 1. The van der Waals surface area contributed by atoms with Crippen molar-refractivity contribution < 1.29 is 65.8 Å². The van der Waals surface area contributed by atoms with E-state index in [0.717, 1.165) is 0 Å². The van der Waals surface area contributed by atoms with E-state index in [-0.39, 0.29) is 62.3 Å². The second-order valence-corrected chi connectivity index (χ2v) is 7.02. The van der Waals surface area contributed by atoms with Crippen LogP contribution in [0.4, 0.5) is 5.95 Å². The van der Waals surface area contributed by atoms with E-state index in [2.05, 4.69) is 15.0 Å². The van der Waals surface area contributed by atoms with Gasteiger partial charge in [-0.15, -0.1) is 0 Å². The molecule has 5 atom stereocenters. The van der Waals surface area contributed by atoms with Gasteiger partial charge < -0.3 is 35.4 Å². The molecule has 0 amide bonds. The summed E-state index contributed by atoms with van der Waals surface area (Å²) in [4.78, 5) is 45.4. The molecule has 1 fully saturated rings. The topological polar surface area (TPSA) is 229 Å². The van der Waals surface area contributed by atoms with Gasteiger partial charge in [0, 0.05) is 38.6 Å². The van der Waals surface area contributed by atoms with E-state index in [4.69, 9.17) is 40.0 Å². The Morgan fingerprint density at radius 1 is 1.39 bits per heavy atom. The van der Waals surface area contributed by atoms with Gasteiger partial charge in [0.15, 0.2) is 17.4 Å². The molecule has 17 heteroatoms. The molecule has 2 aromatic rings. The number of hydrogen-bond acceptors (Lipinski definition) is 9. The van der Waals surface area contributed by atoms with Gasteiger partial charge in [-0.05, 0) is 0 Å². The summed E-state index contributed by atoms with van der Waals surface area (Å²) in [5.74, 6) is -0.180. The van der Waals surface area contributed by atoms with Crippen molar-refractivity contribution in [3.05, 3.63) is 16.7 Å². The summed E-state index contributed by atoms with van der Waals surface area (Å²) in [5.41, 5.74) is 11.7. The van der Waals surface area contributed by atoms with Gasteiger partial charge in [-0.3, -0.25) is 23.5 Å². The maximum atomic E-state index is 11.8. The van der Waals surface area contributed by atoms with Crippen molar-refractivity contribution in [3.63, 3.8) is 0 Å². The van der Waals surface area contributed by atoms with Crippen molar-refractivity contribution in [2.45, 2.75) is 25.3 Å². The van der Waals surface area contributed by atoms with E-state index in [0.29, 0.717) is 0 Å². The summed E-state index contributed by atoms with van der Waals surface area (Å²) in [7, 11) is -6.17. The Hall–Kier alpha value is -0.526. The fourth-order valence-corrected chi connectivity index (χ4v) is 2.93. The summed E-state index contributed by atoms with van der Waals surface area (Å²) in [5, 5.41) is 0. The third kappa shape index (κ3) is 6.23. The second-order valence-electron chi connectivity index (χ2n) is 5.64. The minimum atomic E-state index is -3.13. The summed E-state index contributed by atoms with van der Waals surface area (Å²) >= 11 is 0. The van der Waals surface area contributed by atoms with Gasteiger partial charge in [0.25, 0.3) is 5.56 Å². The molecule has 14 nitrogen and oxygen atoms in total. The third-order valence-electron chi connectivity index (χ3n) is 3.93. The van der Waals surface area contributed by atoms with E-state index < -0.39 is 40.4 Å². The van der Waals surface area contributed by atoms with Crippen LogP contribution in [0.1, 0.15) is 13.2 Å². The van der Waals surface area contributed by atoms with Crippen molar-refractivity contribution in [1.82, 2.24) is 19.5 Å². The predicted octanol–water partition coefficient (Wildman–Crippen LogP) is -1.68. The first kappa shape index (κ1) is 25.5. The number of aromatic nitrogens is 4. The average molecular weight is 515 g/mol. The van der Waals surface area contributed by atoms with Crippen LogP contribution in [-0.2, 0) is 51.1 Å². The van der Waals surface area contributed by atoms with E-state index in [1.165, 1.54) is 10.9 Å². The van der Waals surface area contributed by atoms with Crippen LogP contribution < -0.4 is 17.0 Å². The Morgan fingerprint density at radius 3 is 2.57 bits per heavy atom. The minimum Gasteiger partial charge on any atom is -0.369 e. The zero-order chi connectivity index (χ0) is 20.3. The molecule has 28 heavy (non-hydrogen) atoms. The molecular formula is C11H20N6O8P2Y. The van der Waals surface area contributed by atoms with E-state index in [1.54, 1.807) is 0 Å². The molecule has 1 radical (unpaired) electrons. The first-order valence-corrected chi connectivity index (χ1v) is 10.1. The molecule has 0 aliphatic carbocycles. The number of nitrogens with zero attached hydrogens (tertiary/aromatic N) is 3. The van der Waals surface area contributed by atoms with Crippen LogP contribution in [0, 0.1) is 5.92 Å². The molecule has 0 bridgehead atoms. The maximum absolute atomic E-state index is 11.8. The summed E-state index contributed by atoms with van der Waals surface area (Å²) in [6.45, 7) is 1.80. The quantitative estimate of drug-likeness (QED) is 0.251. The number of hydrogen-bond donors (Lipinski definition) is 6. The molecule has 3 rings (SSSR count). The monoisotopic (exact) mass is 515 g/mol. The molecule has 0 spiro atoms. The fraction of sp³-hybridized carbons (Fsp3) is 0.545. The maximum Gasteiger partial charge on any atom is 0.316 e. The third-order valence-corrected chi connectivity index (χ3v) is 4.35. The Kier molecular flexibility index (Phi) is 10.0. The van der Waals surface area contributed by atoms with Gasteiger partial charge in [-0.2, -0.15) is 4.98 Å². The van der Waals surface area contributed by atoms with Gasteiger partial charge in [0.2, 0.25) is 5.95 Å². The van der Waals surface area contributed by atoms with Crippen molar-refractivity contribution in [3.8, 4) is 0 Å². The number of anilines is 1. The molecule has 1 saturated heterocycles. The number of nitrogen functional groups attached to an aromatic ring is 1. The van der Waals surface area contributed by atoms with Crippen LogP contribution in [0.3, 0.4) is 0 Å². The van der Waals surface area contributed by atoms with Crippen molar-refractivity contribution in [2.75, 3.05) is 12.3 Å². The van der Waals surface area contributed by atoms with Gasteiger partial charge >= 0.3 is 16.5 Å². The second kappa shape index (κ2) is 11.0. The van der Waals surface area contributed by atoms with E-state index >= 15 is 0 Å². The van der Waals surface area contributed by atoms with Crippen molar-refractivity contribution >= 4 is 33.6 Å². The number of rotatable bonds is 4. The number of aromatic amines is 1. The largest absolute Gasteiger partial charge is 0.369 e. The average Bonchev–Trinajstić information content (AvgIpc) is 3.08. The summed E-state index contributed by atoms with van der Waals surface area (Å²) in [6.07, 6.45) is 0.299. The zero-order valence-corrected chi connectivity index (χ0v) is 19.4. The number of nitrogens with one attached hydrogen (secondary N) is 1. The van der Waals surface area contributed by atoms with E-state index in [1.807, 2.05) is 6.92 Å². The molecule has 0 saturated carbocycles. The fourth-order valence-electron chi connectivity index (χ4n) is 2.63. The van der Waals surface area contributed by atoms with Gasteiger partial charge in [-0.1, -0.05) is 6.92 Å². The summed E-state index contributed by atoms with van der Waals surface area (Å²) in [6, 6.07) is -0.440. The number of fused-ring (bicyclic) bond motifs is 1. The molecule has 3 unspecified atom stereocenters. The summed E-state index contributed by atoms with van der Waals surface area (Å²) < 4.78 is 31.5. The van der Waals surface area contributed by atoms with Crippen LogP contribution in [0.2, 0.25) is 0 Å². The Labute approximate surface area is 184 Å². The standard InChI is InChI=1S/C11H17N6O5P.H3O3P.Y/c1-4-5(2-21-23(19)20)22-10(6(4)12)17-3-14-7-8(17)15-11(13)16-9(7)18;1-4(2)3;/h3-6,10,23H,2,12H2,1H3,(H,19,20)(H3,13,15,16,18);4H,(H2,1,2,3);/t4?,5-,6?,10-;;/m1../s1. The van der Waals surface area contributed by atoms with Crippen molar-refractivity contribution in [2.24, 2.45) is 11.7 Å². The number of ether oxygens (including phenoxy) is 1. The molecular weight excluding hydrogens is 495 g/mol. The molecule has 2 aromatic heterocycles. The number of imidazole rings is 1. The molecule has 8 N–H and O–H groups in total. The normalized spacial score (nSPS) is 25.2. The smallest absolute Gasteiger partial charge is 0.316 e. The van der Waals surface area contributed by atoms with Crippen LogP contribution in [0.15, 0.2) is 11.1 Å². The first-order valence-electron chi connectivity index (χ1n) is 7.52. The number of nitrogens with two attached hydrogens (primary N) is 2. The van der Waals surface area contributed by atoms with Gasteiger partial charge in [0.05, 0.1) is 25.1 Å². The Morgan fingerprint density at radius 2 is 2.00 bits per heavy atom. The SMILES string of the molecule is CC1C(N)[C@H](n2cnc3c(=O)[nH]c(N)nc32)O[C@@H]1CO[PH](=O)O.O=[PH](O)O.[Y]. The predicted molar refractivity (Wildman–Crippen MR) is 94.2 cm³/mol. The molecule has 1 aliphatic rings. The van der Waals surface area contributed by atoms with Crippen LogP contribution >= 0.6 is 16.5 Å². The van der Waals surface area contributed by atoms with Crippen molar-refractivity contribution in [1.29, 1.82) is 0 Å². The first-order chi connectivity index (χ1) is 12.6. The van der Waals surface area contributed by atoms with Crippen LogP contribution in [0.5, 0.6) is 0 Å². The zero-order valence-electron chi connectivity index (χ0n) is 14.6. The molecule has 155 valence electrons. The van der Waals surface area contributed by atoms with Crippen LogP contribution in [-0.4, -0.2) is 53.0 Å². The molecule has 0 aromatic carbocycles. The van der Waals surface area contributed by atoms with Gasteiger partial charge in [-0.25, -0.2) is 4.98 Å². The molecule has 3 heterocycles.